The van der Waals surface area contributed by atoms with Crippen LogP contribution in [0.25, 0.3) is 0 Å². The van der Waals surface area contributed by atoms with Crippen molar-refractivity contribution in [2.45, 2.75) is 19.8 Å². The van der Waals surface area contributed by atoms with Gasteiger partial charge in [-0.1, -0.05) is 6.92 Å². The zero-order valence-corrected chi connectivity index (χ0v) is 14.8. The van der Waals surface area contributed by atoms with Gasteiger partial charge < -0.3 is 15.1 Å². The van der Waals surface area contributed by atoms with Crippen LogP contribution >= 0.6 is 35.7 Å². The van der Waals surface area contributed by atoms with Gasteiger partial charge in [-0.15, -0.1) is 24.0 Å². The lowest BCUT2D eigenvalue weighted by atomic mass is 10.3. The van der Waals surface area contributed by atoms with Gasteiger partial charge >= 0.3 is 0 Å². The monoisotopic (exact) mass is 397 g/mol. The highest BCUT2D eigenvalue weighted by atomic mass is 127. The Morgan fingerprint density at radius 3 is 2.79 bits per heavy atom. The molecule has 110 valence electrons. The Kier molecular flexibility index (Phi) is 12.4. The molecule has 0 saturated carbocycles. The van der Waals surface area contributed by atoms with Gasteiger partial charge in [0.15, 0.2) is 5.96 Å². The lowest BCUT2D eigenvalue weighted by molar-refractivity contribution is 0.507. The molecule has 0 atom stereocenters. The maximum atomic E-state index is 5.29. The van der Waals surface area contributed by atoms with Gasteiger partial charge in [-0.2, -0.15) is 11.8 Å². The topological polar surface area (TPSA) is 49.6 Å². The molecule has 0 radical (unpaired) electrons. The molecule has 0 aliphatic rings. The van der Waals surface area contributed by atoms with Crippen molar-refractivity contribution < 1.29 is 4.42 Å². The molecule has 0 unspecified atom stereocenters. The third-order valence-corrected chi connectivity index (χ3v) is 2.95. The van der Waals surface area contributed by atoms with Crippen molar-refractivity contribution >= 4 is 41.7 Å². The summed E-state index contributed by atoms with van der Waals surface area (Å²) in [6.45, 7) is 4.76. The van der Waals surface area contributed by atoms with E-state index < -0.39 is 0 Å². The average Bonchev–Trinajstić information content (AvgIpc) is 2.88. The highest BCUT2D eigenvalue weighted by molar-refractivity contribution is 14.0. The first kappa shape index (κ1) is 18.6. The molecule has 0 spiro atoms. The molecule has 1 aromatic heterocycles. The van der Waals surface area contributed by atoms with Gasteiger partial charge in [0.2, 0.25) is 0 Å². The number of furan rings is 1. The quantitative estimate of drug-likeness (QED) is 0.307. The van der Waals surface area contributed by atoms with Gasteiger partial charge in [0.05, 0.1) is 6.26 Å². The third-order valence-electron chi connectivity index (χ3n) is 2.34. The van der Waals surface area contributed by atoms with Crippen LogP contribution in [0.1, 0.15) is 19.1 Å². The van der Waals surface area contributed by atoms with Gasteiger partial charge in [0.25, 0.3) is 0 Å². The Labute approximate surface area is 137 Å². The lowest BCUT2D eigenvalue weighted by Gasteiger charge is -2.11. The highest BCUT2D eigenvalue weighted by Gasteiger charge is 1.99. The van der Waals surface area contributed by atoms with Crippen LogP contribution in [-0.2, 0) is 6.42 Å². The molecule has 2 N–H and O–H groups in total. The SMILES string of the molecule is CCCN=C(NCCSC)NCCc1ccco1.I. The lowest BCUT2D eigenvalue weighted by Crippen LogP contribution is -2.39. The van der Waals surface area contributed by atoms with E-state index in [1.807, 2.05) is 23.9 Å². The summed E-state index contributed by atoms with van der Waals surface area (Å²) < 4.78 is 5.29. The van der Waals surface area contributed by atoms with Crippen LogP contribution in [-0.4, -0.2) is 37.6 Å². The Morgan fingerprint density at radius 2 is 2.16 bits per heavy atom. The predicted molar refractivity (Wildman–Crippen MR) is 94.8 cm³/mol. The number of nitrogens with one attached hydrogen (secondary N) is 2. The summed E-state index contributed by atoms with van der Waals surface area (Å²) in [4.78, 5) is 4.49. The van der Waals surface area contributed by atoms with E-state index in [1.54, 1.807) is 6.26 Å². The largest absolute Gasteiger partial charge is 0.469 e. The molecular formula is C13H24IN3OS. The molecule has 1 rings (SSSR count). The molecule has 0 bridgehead atoms. The van der Waals surface area contributed by atoms with Crippen molar-refractivity contribution in [3.8, 4) is 0 Å². The standard InChI is InChI=1S/C13H23N3OS.HI/c1-3-7-14-13(16-9-11-18-2)15-8-6-12-5-4-10-17-12;/h4-5,10H,3,6-9,11H2,1-2H3,(H2,14,15,16);1H. The minimum absolute atomic E-state index is 0. The van der Waals surface area contributed by atoms with Crippen molar-refractivity contribution in [1.82, 2.24) is 10.6 Å². The number of aliphatic imine (C=N–C) groups is 1. The maximum absolute atomic E-state index is 5.29. The second-order valence-corrected chi connectivity index (χ2v) is 4.89. The van der Waals surface area contributed by atoms with E-state index in [0.717, 1.165) is 49.9 Å². The van der Waals surface area contributed by atoms with Crippen LogP contribution in [0.5, 0.6) is 0 Å². The van der Waals surface area contributed by atoms with Gasteiger partial charge in [-0.25, -0.2) is 0 Å². The fourth-order valence-corrected chi connectivity index (χ4v) is 1.73. The average molecular weight is 397 g/mol. The number of rotatable bonds is 8. The van der Waals surface area contributed by atoms with Gasteiger partial charge in [0, 0.05) is 31.8 Å². The molecule has 0 saturated heterocycles. The van der Waals surface area contributed by atoms with Crippen LogP contribution in [0.15, 0.2) is 27.8 Å². The van der Waals surface area contributed by atoms with Gasteiger partial charge in [0.1, 0.15) is 5.76 Å². The Hall–Kier alpha value is -0.370. The van der Waals surface area contributed by atoms with E-state index >= 15 is 0 Å². The van der Waals surface area contributed by atoms with Crippen LogP contribution < -0.4 is 10.6 Å². The van der Waals surface area contributed by atoms with E-state index in [2.05, 4.69) is 28.8 Å². The number of guanidine groups is 1. The first-order valence-corrected chi connectivity index (χ1v) is 7.79. The van der Waals surface area contributed by atoms with Crippen molar-refractivity contribution in [3.05, 3.63) is 24.2 Å². The first-order chi connectivity index (χ1) is 8.86. The zero-order valence-electron chi connectivity index (χ0n) is 11.6. The van der Waals surface area contributed by atoms with E-state index in [-0.39, 0.29) is 24.0 Å². The maximum Gasteiger partial charge on any atom is 0.191 e. The number of nitrogens with zero attached hydrogens (tertiary/aromatic N) is 1. The second kappa shape index (κ2) is 12.7. The minimum Gasteiger partial charge on any atom is -0.469 e. The van der Waals surface area contributed by atoms with Crippen molar-refractivity contribution in [3.63, 3.8) is 0 Å². The molecule has 19 heavy (non-hydrogen) atoms. The van der Waals surface area contributed by atoms with Gasteiger partial charge in [-0.3, -0.25) is 4.99 Å². The fraction of sp³-hybridized carbons (Fsp3) is 0.615. The number of hydrogen-bond acceptors (Lipinski definition) is 3. The van der Waals surface area contributed by atoms with E-state index in [9.17, 15) is 0 Å². The summed E-state index contributed by atoms with van der Waals surface area (Å²) in [5.41, 5.74) is 0. The second-order valence-electron chi connectivity index (χ2n) is 3.91. The summed E-state index contributed by atoms with van der Waals surface area (Å²) in [6.07, 6.45) is 5.75. The summed E-state index contributed by atoms with van der Waals surface area (Å²) in [6, 6.07) is 3.91. The normalized spacial score (nSPS) is 10.9. The summed E-state index contributed by atoms with van der Waals surface area (Å²) in [7, 11) is 0. The predicted octanol–water partition coefficient (Wildman–Crippen LogP) is 2.75. The molecule has 0 aromatic carbocycles. The Morgan fingerprint density at radius 1 is 1.37 bits per heavy atom. The van der Waals surface area contributed by atoms with E-state index in [1.165, 1.54) is 0 Å². The first-order valence-electron chi connectivity index (χ1n) is 6.40. The van der Waals surface area contributed by atoms with Crippen LogP contribution in [0.3, 0.4) is 0 Å². The molecule has 0 aliphatic carbocycles. The summed E-state index contributed by atoms with van der Waals surface area (Å²) >= 11 is 1.83. The van der Waals surface area contributed by atoms with Crippen molar-refractivity contribution in [1.29, 1.82) is 0 Å². The van der Waals surface area contributed by atoms with Crippen molar-refractivity contribution in [2.75, 3.05) is 31.6 Å². The highest BCUT2D eigenvalue weighted by Crippen LogP contribution is 1.99. The van der Waals surface area contributed by atoms with Crippen LogP contribution in [0.2, 0.25) is 0 Å². The molecule has 0 aliphatic heterocycles. The molecule has 1 aromatic rings. The Bertz CT molecular complexity index is 331. The molecule has 4 nitrogen and oxygen atoms in total. The third kappa shape index (κ3) is 9.21. The zero-order chi connectivity index (χ0) is 13.1. The summed E-state index contributed by atoms with van der Waals surface area (Å²) in [5.74, 6) is 2.99. The number of thioether (sulfide) groups is 1. The molecular weight excluding hydrogens is 373 g/mol. The fourth-order valence-electron chi connectivity index (χ4n) is 1.43. The van der Waals surface area contributed by atoms with E-state index in [0.29, 0.717) is 0 Å². The Balaban J connectivity index is 0.00000324. The van der Waals surface area contributed by atoms with Gasteiger partial charge in [-0.05, 0) is 24.8 Å². The van der Waals surface area contributed by atoms with Crippen LogP contribution in [0.4, 0.5) is 0 Å². The molecule has 1 heterocycles. The molecule has 0 amide bonds. The van der Waals surface area contributed by atoms with E-state index in [4.69, 9.17) is 4.42 Å². The number of halogens is 1. The van der Waals surface area contributed by atoms with Crippen LogP contribution in [0, 0.1) is 0 Å². The summed E-state index contributed by atoms with van der Waals surface area (Å²) in [5, 5.41) is 6.64. The minimum atomic E-state index is 0. The number of hydrogen-bond donors (Lipinski definition) is 2. The molecule has 0 fully saturated rings. The smallest absolute Gasteiger partial charge is 0.191 e. The molecule has 6 heteroatoms. The van der Waals surface area contributed by atoms with Crippen molar-refractivity contribution in [2.24, 2.45) is 4.99 Å².